The molecule has 4 rings (SSSR count). The van der Waals surface area contributed by atoms with Gasteiger partial charge in [0.1, 0.15) is 17.3 Å². The summed E-state index contributed by atoms with van der Waals surface area (Å²) in [5.41, 5.74) is 1.71. The van der Waals surface area contributed by atoms with Crippen LogP contribution >= 0.6 is 11.6 Å². The first kappa shape index (κ1) is 23.8. The first-order valence-corrected chi connectivity index (χ1v) is 12.3. The summed E-state index contributed by atoms with van der Waals surface area (Å²) >= 11 is 6.15. The molecule has 1 fully saturated rings. The molecular formula is C27H34ClN3O2. The lowest BCUT2D eigenvalue weighted by Gasteiger charge is -2.36. The van der Waals surface area contributed by atoms with Crippen molar-refractivity contribution in [1.82, 2.24) is 14.5 Å². The van der Waals surface area contributed by atoms with Crippen LogP contribution in [0.5, 0.6) is 11.5 Å². The summed E-state index contributed by atoms with van der Waals surface area (Å²) in [6.45, 7) is 13.5. The maximum absolute atomic E-state index is 13.7. The zero-order chi connectivity index (χ0) is 23.7. The standard InChI is InChI=1S/C27H34ClN3O2/c1-17(2)26-29-24-11-10-22(33-25-13-21(28)9-8-19(25)5)14-23(24)27(32)31(26)16-20-7-6-12-30(15-20)18(3)4/h8-11,13-14,17-18,20H,6-7,12,15-16H2,1-5H3. The van der Waals surface area contributed by atoms with Gasteiger partial charge in [0.05, 0.1) is 10.9 Å². The first-order chi connectivity index (χ1) is 15.7. The number of benzene rings is 2. The third-order valence-electron chi connectivity index (χ3n) is 6.57. The zero-order valence-corrected chi connectivity index (χ0v) is 21.0. The number of ether oxygens (including phenoxy) is 1. The van der Waals surface area contributed by atoms with E-state index in [-0.39, 0.29) is 11.5 Å². The van der Waals surface area contributed by atoms with Crippen LogP contribution in [-0.4, -0.2) is 33.6 Å². The third-order valence-corrected chi connectivity index (χ3v) is 6.81. The van der Waals surface area contributed by atoms with Gasteiger partial charge in [0.15, 0.2) is 0 Å². The van der Waals surface area contributed by atoms with Gasteiger partial charge in [0.25, 0.3) is 5.56 Å². The average molecular weight is 468 g/mol. The number of rotatable bonds is 6. The van der Waals surface area contributed by atoms with Crippen LogP contribution in [0.3, 0.4) is 0 Å². The van der Waals surface area contributed by atoms with E-state index in [2.05, 4.69) is 32.6 Å². The molecule has 2 heterocycles. The Labute approximate surface area is 201 Å². The Hall–Kier alpha value is -2.37. The van der Waals surface area contributed by atoms with Crippen LogP contribution in [0.1, 0.15) is 57.8 Å². The van der Waals surface area contributed by atoms with Crippen molar-refractivity contribution in [1.29, 1.82) is 0 Å². The van der Waals surface area contributed by atoms with Crippen molar-refractivity contribution >= 4 is 22.5 Å². The molecule has 0 saturated carbocycles. The van der Waals surface area contributed by atoms with Crippen LogP contribution in [-0.2, 0) is 6.54 Å². The van der Waals surface area contributed by atoms with Crippen molar-refractivity contribution in [2.45, 2.75) is 66.0 Å². The Morgan fingerprint density at radius 2 is 1.94 bits per heavy atom. The predicted molar refractivity (Wildman–Crippen MR) is 136 cm³/mol. The van der Waals surface area contributed by atoms with Crippen LogP contribution in [0.25, 0.3) is 10.9 Å². The fourth-order valence-corrected chi connectivity index (χ4v) is 4.84. The summed E-state index contributed by atoms with van der Waals surface area (Å²) in [4.78, 5) is 21.1. The fourth-order valence-electron chi connectivity index (χ4n) is 4.68. The molecule has 6 heteroatoms. The van der Waals surface area contributed by atoms with Gasteiger partial charge in [-0.3, -0.25) is 9.36 Å². The highest BCUT2D eigenvalue weighted by Gasteiger charge is 2.24. The Morgan fingerprint density at radius 3 is 2.67 bits per heavy atom. The van der Waals surface area contributed by atoms with Gasteiger partial charge in [-0.2, -0.15) is 0 Å². The topological polar surface area (TPSA) is 47.4 Å². The molecule has 1 aliphatic heterocycles. The molecule has 5 nitrogen and oxygen atoms in total. The van der Waals surface area contributed by atoms with Crippen molar-refractivity contribution in [2.24, 2.45) is 5.92 Å². The van der Waals surface area contributed by atoms with Crippen LogP contribution in [0.2, 0.25) is 5.02 Å². The maximum Gasteiger partial charge on any atom is 0.261 e. The van der Waals surface area contributed by atoms with E-state index in [1.807, 2.05) is 41.8 Å². The lowest BCUT2D eigenvalue weighted by molar-refractivity contribution is 0.129. The molecule has 1 unspecified atom stereocenters. The quantitative estimate of drug-likeness (QED) is 0.421. The molecule has 33 heavy (non-hydrogen) atoms. The monoisotopic (exact) mass is 467 g/mol. The van der Waals surface area contributed by atoms with E-state index < -0.39 is 0 Å². The minimum absolute atomic E-state index is 0.0126. The van der Waals surface area contributed by atoms with Crippen LogP contribution in [0.4, 0.5) is 0 Å². The molecule has 1 aliphatic rings. The van der Waals surface area contributed by atoms with Crippen LogP contribution < -0.4 is 10.3 Å². The van der Waals surface area contributed by atoms with Crippen molar-refractivity contribution in [2.75, 3.05) is 13.1 Å². The van der Waals surface area contributed by atoms with E-state index in [1.54, 1.807) is 6.07 Å². The van der Waals surface area contributed by atoms with Crippen LogP contribution in [0.15, 0.2) is 41.2 Å². The molecule has 0 N–H and O–H groups in total. The van der Waals surface area contributed by atoms with Crippen molar-refractivity contribution in [3.05, 3.63) is 63.2 Å². The Bertz CT molecular complexity index is 1200. The van der Waals surface area contributed by atoms with Gasteiger partial charge in [-0.1, -0.05) is 31.5 Å². The van der Waals surface area contributed by atoms with Crippen LogP contribution in [0, 0.1) is 12.8 Å². The molecule has 3 aromatic rings. The zero-order valence-electron chi connectivity index (χ0n) is 20.3. The fraction of sp³-hybridized carbons (Fsp3) is 0.481. The van der Waals surface area contributed by atoms with E-state index >= 15 is 0 Å². The van der Waals surface area contributed by atoms with Gasteiger partial charge in [-0.25, -0.2) is 4.98 Å². The molecule has 0 spiro atoms. The Kier molecular flexibility index (Phi) is 7.10. The van der Waals surface area contributed by atoms with Gasteiger partial charge in [-0.05, 0) is 82.0 Å². The molecule has 1 atom stereocenters. The van der Waals surface area contributed by atoms with Gasteiger partial charge in [0.2, 0.25) is 0 Å². The highest BCUT2D eigenvalue weighted by atomic mass is 35.5. The maximum atomic E-state index is 13.7. The van der Waals surface area contributed by atoms with E-state index in [0.717, 1.165) is 30.9 Å². The SMILES string of the molecule is Cc1ccc(Cl)cc1Oc1ccc2nc(C(C)C)n(CC3CCCN(C(C)C)C3)c(=O)c2c1. The number of hydrogen-bond donors (Lipinski definition) is 0. The van der Waals surface area contributed by atoms with E-state index in [4.69, 9.17) is 21.3 Å². The summed E-state index contributed by atoms with van der Waals surface area (Å²) in [6.07, 6.45) is 2.31. The molecule has 2 aromatic carbocycles. The van der Waals surface area contributed by atoms with Gasteiger partial charge in [0, 0.05) is 30.1 Å². The molecule has 0 amide bonds. The van der Waals surface area contributed by atoms with E-state index in [9.17, 15) is 4.79 Å². The van der Waals surface area contributed by atoms with Gasteiger partial charge < -0.3 is 9.64 Å². The van der Waals surface area contributed by atoms with Crippen molar-refractivity contribution in [3.63, 3.8) is 0 Å². The summed E-state index contributed by atoms with van der Waals surface area (Å²) in [5, 5.41) is 1.21. The smallest absolute Gasteiger partial charge is 0.261 e. The number of nitrogens with zero attached hydrogens (tertiary/aromatic N) is 3. The second kappa shape index (κ2) is 9.86. The van der Waals surface area contributed by atoms with Crippen molar-refractivity contribution < 1.29 is 4.74 Å². The first-order valence-electron chi connectivity index (χ1n) is 12.0. The van der Waals surface area contributed by atoms with Gasteiger partial charge in [-0.15, -0.1) is 0 Å². The molecule has 0 radical (unpaired) electrons. The lowest BCUT2D eigenvalue weighted by Crippen LogP contribution is -2.42. The van der Waals surface area contributed by atoms with E-state index in [0.29, 0.717) is 45.9 Å². The number of aryl methyl sites for hydroxylation is 1. The summed E-state index contributed by atoms with van der Waals surface area (Å²) in [7, 11) is 0. The normalized spacial score (nSPS) is 17.3. The second-order valence-electron chi connectivity index (χ2n) is 9.83. The lowest BCUT2D eigenvalue weighted by atomic mass is 9.96. The Balaban J connectivity index is 1.71. The largest absolute Gasteiger partial charge is 0.457 e. The number of hydrogen-bond acceptors (Lipinski definition) is 4. The molecule has 0 aliphatic carbocycles. The molecule has 1 aromatic heterocycles. The Morgan fingerprint density at radius 1 is 1.15 bits per heavy atom. The van der Waals surface area contributed by atoms with Crippen molar-refractivity contribution in [3.8, 4) is 11.5 Å². The summed E-state index contributed by atoms with van der Waals surface area (Å²) < 4.78 is 8.01. The van der Waals surface area contributed by atoms with Gasteiger partial charge >= 0.3 is 0 Å². The molecular weight excluding hydrogens is 434 g/mol. The third kappa shape index (κ3) is 5.25. The summed E-state index contributed by atoms with van der Waals surface area (Å²) in [6, 6.07) is 11.6. The number of piperidine rings is 1. The molecule has 176 valence electrons. The number of fused-ring (bicyclic) bond motifs is 1. The predicted octanol–water partition coefficient (Wildman–Crippen LogP) is 6.39. The minimum atomic E-state index is 0.0126. The van der Waals surface area contributed by atoms with E-state index in [1.165, 1.54) is 6.42 Å². The highest BCUT2D eigenvalue weighted by Crippen LogP contribution is 2.30. The molecule has 0 bridgehead atoms. The second-order valence-corrected chi connectivity index (χ2v) is 10.3. The highest BCUT2D eigenvalue weighted by molar-refractivity contribution is 6.30. The number of halogens is 1. The summed E-state index contributed by atoms with van der Waals surface area (Å²) in [5.74, 6) is 2.76. The number of aromatic nitrogens is 2. The average Bonchev–Trinajstić information content (AvgIpc) is 2.78. The minimum Gasteiger partial charge on any atom is -0.457 e. The molecule has 1 saturated heterocycles. The number of likely N-dealkylation sites (tertiary alicyclic amines) is 1.